The van der Waals surface area contributed by atoms with Gasteiger partial charge in [-0.2, -0.15) is 0 Å². The average Bonchev–Trinajstić information content (AvgIpc) is 3.31. The van der Waals surface area contributed by atoms with Gasteiger partial charge in [0, 0.05) is 12.1 Å². The van der Waals surface area contributed by atoms with Crippen LogP contribution in [0.2, 0.25) is 0 Å². The third-order valence-electron chi connectivity index (χ3n) is 6.06. The summed E-state index contributed by atoms with van der Waals surface area (Å²) in [6, 6.07) is 20.8. The molecule has 31 heavy (non-hydrogen) atoms. The summed E-state index contributed by atoms with van der Waals surface area (Å²) < 4.78 is 26.7. The molecule has 5 rings (SSSR count). The van der Waals surface area contributed by atoms with E-state index in [-0.39, 0.29) is 11.6 Å². The van der Waals surface area contributed by atoms with Gasteiger partial charge in [0.1, 0.15) is 5.82 Å². The molecule has 1 fully saturated rings. The van der Waals surface area contributed by atoms with Crippen molar-refractivity contribution >= 4 is 17.6 Å². The van der Waals surface area contributed by atoms with E-state index in [1.54, 1.807) is 12.1 Å². The van der Waals surface area contributed by atoms with E-state index in [2.05, 4.69) is 40.2 Å². The monoisotopic (exact) mass is 417 g/mol. The van der Waals surface area contributed by atoms with E-state index in [1.807, 2.05) is 30.3 Å². The minimum absolute atomic E-state index is 0.0421. The van der Waals surface area contributed by atoms with Crippen LogP contribution in [0.15, 0.2) is 72.8 Å². The highest BCUT2D eigenvalue weighted by atomic mass is 19.3. The Labute approximate surface area is 181 Å². The lowest BCUT2D eigenvalue weighted by Gasteiger charge is -2.35. The zero-order valence-corrected chi connectivity index (χ0v) is 17.3. The molecule has 0 amide bonds. The zero-order chi connectivity index (χ0) is 21.2. The fourth-order valence-electron chi connectivity index (χ4n) is 4.54. The predicted molar refractivity (Wildman–Crippen MR) is 121 cm³/mol. The summed E-state index contributed by atoms with van der Waals surface area (Å²) in [6.45, 7) is 3.07. The molecule has 1 atom stereocenters. The van der Waals surface area contributed by atoms with Gasteiger partial charge in [-0.1, -0.05) is 54.6 Å². The van der Waals surface area contributed by atoms with E-state index < -0.39 is 6.43 Å². The molecule has 0 N–H and O–H groups in total. The number of para-hydroxylation sites is 1. The summed E-state index contributed by atoms with van der Waals surface area (Å²) in [5, 5.41) is 0. The normalized spacial score (nSPS) is 18.5. The van der Waals surface area contributed by atoms with E-state index >= 15 is 0 Å². The Hall–Kier alpha value is -3.05. The van der Waals surface area contributed by atoms with Crippen LogP contribution in [0.1, 0.15) is 47.7 Å². The van der Waals surface area contributed by atoms with Gasteiger partial charge >= 0.3 is 0 Å². The lowest BCUT2D eigenvalue weighted by Crippen LogP contribution is -2.27. The van der Waals surface area contributed by atoms with Crippen molar-refractivity contribution in [2.45, 2.75) is 31.9 Å². The van der Waals surface area contributed by atoms with Crippen LogP contribution in [0.25, 0.3) is 6.08 Å². The van der Waals surface area contributed by atoms with Crippen LogP contribution >= 0.6 is 0 Å². The van der Waals surface area contributed by atoms with Gasteiger partial charge in [-0.05, 0) is 61.3 Å². The number of fused-ring (bicyclic) bond motifs is 1. The lowest BCUT2D eigenvalue weighted by atomic mass is 9.96. The van der Waals surface area contributed by atoms with Crippen molar-refractivity contribution in [1.29, 1.82) is 0 Å². The number of pyridine rings is 1. The van der Waals surface area contributed by atoms with Gasteiger partial charge in [-0.25, -0.2) is 13.8 Å². The lowest BCUT2D eigenvalue weighted by molar-refractivity contribution is 0.151. The third-order valence-corrected chi connectivity index (χ3v) is 6.06. The molecule has 1 aromatic heterocycles. The summed E-state index contributed by atoms with van der Waals surface area (Å²) in [5.41, 5.74) is 4.03. The van der Waals surface area contributed by atoms with Crippen LogP contribution in [0.4, 0.5) is 20.3 Å². The van der Waals surface area contributed by atoms with E-state index in [1.165, 1.54) is 18.9 Å². The maximum absolute atomic E-state index is 13.4. The molecule has 1 unspecified atom stereocenters. The Morgan fingerprint density at radius 2 is 1.74 bits per heavy atom. The van der Waals surface area contributed by atoms with E-state index in [0.29, 0.717) is 0 Å². The predicted octanol–water partition coefficient (Wildman–Crippen LogP) is 6.52. The first-order chi connectivity index (χ1) is 15.2. The van der Waals surface area contributed by atoms with Crippen LogP contribution < -0.4 is 4.90 Å². The Morgan fingerprint density at radius 3 is 2.58 bits per heavy atom. The highest BCUT2D eigenvalue weighted by molar-refractivity contribution is 5.78. The van der Waals surface area contributed by atoms with Gasteiger partial charge in [-0.3, -0.25) is 4.90 Å². The van der Waals surface area contributed by atoms with E-state index in [4.69, 9.17) is 4.98 Å². The molecule has 3 aromatic rings. The fraction of sp³-hybridized carbons (Fsp3) is 0.269. The van der Waals surface area contributed by atoms with Crippen molar-refractivity contribution in [3.63, 3.8) is 0 Å². The number of rotatable bonds is 5. The van der Waals surface area contributed by atoms with Gasteiger partial charge in [-0.15, -0.1) is 0 Å². The topological polar surface area (TPSA) is 19.4 Å². The molecule has 0 spiro atoms. The summed E-state index contributed by atoms with van der Waals surface area (Å²) in [5.74, 6) is 0.834. The number of alkyl halides is 2. The van der Waals surface area contributed by atoms with Crippen molar-refractivity contribution in [1.82, 2.24) is 9.88 Å². The Morgan fingerprint density at radius 1 is 0.935 bits per heavy atom. The molecule has 3 nitrogen and oxygen atoms in total. The molecule has 0 radical (unpaired) electrons. The van der Waals surface area contributed by atoms with Gasteiger partial charge in [0.2, 0.25) is 0 Å². The molecular weight excluding hydrogens is 392 g/mol. The molecule has 1 saturated heterocycles. The summed E-state index contributed by atoms with van der Waals surface area (Å²) >= 11 is 0. The molecule has 2 aliphatic heterocycles. The van der Waals surface area contributed by atoms with Crippen molar-refractivity contribution in [3.8, 4) is 0 Å². The Bertz CT molecular complexity index is 1090. The van der Waals surface area contributed by atoms with Crippen LogP contribution in [0, 0.1) is 0 Å². The van der Waals surface area contributed by atoms with Crippen LogP contribution in [-0.4, -0.2) is 23.0 Å². The first kappa shape index (κ1) is 19.9. The van der Waals surface area contributed by atoms with E-state index in [9.17, 15) is 8.78 Å². The number of nitrogens with zero attached hydrogens (tertiary/aromatic N) is 3. The number of hydrogen-bond acceptors (Lipinski definition) is 3. The van der Waals surface area contributed by atoms with E-state index in [0.717, 1.165) is 48.0 Å². The Kier molecular flexibility index (Phi) is 5.51. The molecule has 158 valence electrons. The maximum Gasteiger partial charge on any atom is 0.263 e. The molecule has 0 bridgehead atoms. The smallest absolute Gasteiger partial charge is 0.263 e. The minimum atomic E-state index is -2.49. The van der Waals surface area contributed by atoms with Gasteiger partial charge < -0.3 is 4.90 Å². The zero-order valence-electron chi connectivity index (χ0n) is 17.3. The SMILES string of the molecule is FC(F)c1cccc(C2C=Cc3ccccc3N2c2cccc(CN3CCCC3)n2)c1. The first-order valence-electron chi connectivity index (χ1n) is 10.8. The van der Waals surface area contributed by atoms with Crippen molar-refractivity contribution in [2.24, 2.45) is 0 Å². The second-order valence-electron chi connectivity index (χ2n) is 8.17. The highest BCUT2D eigenvalue weighted by Crippen LogP contribution is 2.41. The second kappa shape index (κ2) is 8.60. The van der Waals surface area contributed by atoms with Gasteiger partial charge in [0.05, 0.1) is 17.4 Å². The number of benzene rings is 2. The van der Waals surface area contributed by atoms with Gasteiger partial charge in [0.25, 0.3) is 6.43 Å². The van der Waals surface area contributed by atoms with Crippen molar-refractivity contribution < 1.29 is 8.78 Å². The van der Waals surface area contributed by atoms with Crippen LogP contribution in [-0.2, 0) is 6.54 Å². The molecule has 2 aromatic carbocycles. The Balaban J connectivity index is 1.56. The molecule has 0 aliphatic carbocycles. The van der Waals surface area contributed by atoms with Crippen LogP contribution in [0.3, 0.4) is 0 Å². The number of likely N-dealkylation sites (tertiary alicyclic amines) is 1. The maximum atomic E-state index is 13.4. The fourth-order valence-corrected chi connectivity index (χ4v) is 4.54. The molecular formula is C26H25F2N3. The number of aromatic nitrogens is 1. The third kappa shape index (κ3) is 4.10. The highest BCUT2D eigenvalue weighted by Gasteiger charge is 2.27. The van der Waals surface area contributed by atoms with Gasteiger partial charge in [0.15, 0.2) is 0 Å². The first-order valence-corrected chi connectivity index (χ1v) is 10.8. The summed E-state index contributed by atoms with van der Waals surface area (Å²) in [6.07, 6.45) is 4.13. The summed E-state index contributed by atoms with van der Waals surface area (Å²) in [7, 11) is 0. The molecule has 5 heteroatoms. The molecule has 0 saturated carbocycles. The molecule has 3 heterocycles. The number of anilines is 2. The minimum Gasteiger partial charge on any atom is -0.315 e. The average molecular weight is 418 g/mol. The standard InChI is InChI=1S/C26H25F2N3/c27-26(28)21-9-5-8-20(17-21)24-14-13-19-7-1-2-11-23(19)31(24)25-12-6-10-22(29-25)18-30-15-3-4-16-30/h1-2,5-14,17,24,26H,3-4,15-16,18H2. The summed E-state index contributed by atoms with van der Waals surface area (Å²) in [4.78, 5) is 9.58. The van der Waals surface area contributed by atoms with Crippen LogP contribution in [0.5, 0.6) is 0 Å². The van der Waals surface area contributed by atoms with Crippen molar-refractivity contribution in [2.75, 3.05) is 18.0 Å². The number of halogens is 2. The van der Waals surface area contributed by atoms with Crippen molar-refractivity contribution in [3.05, 3.63) is 95.2 Å². The quantitative estimate of drug-likeness (QED) is 0.471. The second-order valence-corrected chi connectivity index (χ2v) is 8.17. The number of hydrogen-bond donors (Lipinski definition) is 0. The molecule has 2 aliphatic rings. The largest absolute Gasteiger partial charge is 0.315 e.